The second-order valence-electron chi connectivity index (χ2n) is 4.70. The fourth-order valence-corrected chi connectivity index (χ4v) is 2.57. The van der Waals surface area contributed by atoms with Crippen LogP contribution in [0.5, 0.6) is 0 Å². The van der Waals surface area contributed by atoms with Crippen molar-refractivity contribution >= 4 is 27.7 Å². The molecule has 1 aliphatic heterocycles. The van der Waals surface area contributed by atoms with Crippen LogP contribution in [0.2, 0.25) is 0 Å². The lowest BCUT2D eigenvalue weighted by Gasteiger charge is -2.28. The van der Waals surface area contributed by atoms with Crippen LogP contribution in [0.1, 0.15) is 29.6 Å². The monoisotopic (exact) mass is 328 g/mol. The van der Waals surface area contributed by atoms with Crippen LogP contribution in [0.25, 0.3) is 0 Å². The van der Waals surface area contributed by atoms with Crippen LogP contribution in [0.3, 0.4) is 0 Å². The molecule has 1 N–H and O–H groups in total. The van der Waals surface area contributed by atoms with Crippen LogP contribution in [0.15, 0.2) is 16.7 Å². The molecular formula is C13H17BrN2O3. The molecule has 1 fully saturated rings. The average molecular weight is 329 g/mol. The molecule has 5 nitrogen and oxygen atoms in total. The number of ether oxygens (including phenoxy) is 1. The number of hydrogen-bond acceptors (Lipinski definition) is 4. The number of aromatic nitrogens is 1. The molecule has 1 saturated heterocycles. The Morgan fingerprint density at radius 1 is 1.63 bits per heavy atom. The molecule has 0 amide bonds. The number of likely N-dealkylation sites (N-methyl/N-ethyl adjacent to an activating group) is 1. The van der Waals surface area contributed by atoms with E-state index in [-0.39, 0.29) is 11.7 Å². The fourth-order valence-electron chi connectivity index (χ4n) is 2.24. The SMILES string of the molecule is CN(CC1CCCCO1)c1ncc(Br)cc1C(=O)O. The number of carboxylic acids is 1. The third-order valence-corrected chi connectivity index (χ3v) is 3.61. The summed E-state index contributed by atoms with van der Waals surface area (Å²) in [7, 11) is 1.85. The van der Waals surface area contributed by atoms with Gasteiger partial charge in [-0.15, -0.1) is 0 Å². The number of pyridine rings is 1. The van der Waals surface area contributed by atoms with Crippen LogP contribution < -0.4 is 4.90 Å². The van der Waals surface area contributed by atoms with Crippen LogP contribution in [0, 0.1) is 0 Å². The zero-order valence-corrected chi connectivity index (χ0v) is 12.4. The molecule has 1 aromatic rings. The minimum atomic E-state index is -0.972. The van der Waals surface area contributed by atoms with Gasteiger partial charge in [0, 0.05) is 30.9 Å². The predicted molar refractivity (Wildman–Crippen MR) is 75.8 cm³/mol. The lowest BCUT2D eigenvalue weighted by Crippen LogP contribution is -2.34. The van der Waals surface area contributed by atoms with Gasteiger partial charge in [0.15, 0.2) is 0 Å². The number of aromatic carboxylic acids is 1. The average Bonchev–Trinajstić information content (AvgIpc) is 2.39. The van der Waals surface area contributed by atoms with Crippen LogP contribution in [-0.4, -0.2) is 42.4 Å². The van der Waals surface area contributed by atoms with Crippen molar-refractivity contribution in [3.05, 3.63) is 22.3 Å². The third kappa shape index (κ3) is 3.67. The zero-order chi connectivity index (χ0) is 13.8. The highest BCUT2D eigenvalue weighted by Crippen LogP contribution is 2.22. The Kier molecular flexibility index (Phi) is 4.76. The summed E-state index contributed by atoms with van der Waals surface area (Å²) < 4.78 is 6.33. The molecule has 0 spiro atoms. The van der Waals surface area contributed by atoms with Crippen molar-refractivity contribution in [1.82, 2.24) is 4.98 Å². The molecule has 1 aromatic heterocycles. The van der Waals surface area contributed by atoms with E-state index in [9.17, 15) is 9.90 Å². The number of carbonyl (C=O) groups is 1. The van der Waals surface area contributed by atoms with E-state index in [1.807, 2.05) is 11.9 Å². The van der Waals surface area contributed by atoms with E-state index in [2.05, 4.69) is 20.9 Å². The lowest BCUT2D eigenvalue weighted by molar-refractivity contribution is 0.0215. The first-order valence-corrected chi connectivity index (χ1v) is 7.09. The van der Waals surface area contributed by atoms with E-state index in [0.717, 1.165) is 25.9 Å². The van der Waals surface area contributed by atoms with E-state index in [1.165, 1.54) is 0 Å². The van der Waals surface area contributed by atoms with Crippen LogP contribution in [-0.2, 0) is 4.74 Å². The highest BCUT2D eigenvalue weighted by Gasteiger charge is 2.20. The molecule has 0 radical (unpaired) electrons. The van der Waals surface area contributed by atoms with E-state index in [0.29, 0.717) is 16.8 Å². The van der Waals surface area contributed by atoms with Gasteiger partial charge in [0.1, 0.15) is 11.4 Å². The largest absolute Gasteiger partial charge is 0.478 e. The minimum absolute atomic E-state index is 0.158. The van der Waals surface area contributed by atoms with Gasteiger partial charge in [0.25, 0.3) is 0 Å². The van der Waals surface area contributed by atoms with Crippen molar-refractivity contribution in [1.29, 1.82) is 0 Å². The summed E-state index contributed by atoms with van der Waals surface area (Å²) in [5.74, 6) is -0.495. The van der Waals surface area contributed by atoms with Gasteiger partial charge in [-0.05, 0) is 41.3 Å². The van der Waals surface area contributed by atoms with Crippen LogP contribution in [0.4, 0.5) is 5.82 Å². The first kappa shape index (κ1) is 14.3. The first-order valence-electron chi connectivity index (χ1n) is 6.29. The van der Waals surface area contributed by atoms with E-state index in [4.69, 9.17) is 4.74 Å². The Hall–Kier alpha value is -1.14. The molecule has 1 atom stereocenters. The summed E-state index contributed by atoms with van der Waals surface area (Å²) in [6, 6.07) is 1.57. The summed E-state index contributed by atoms with van der Waals surface area (Å²) in [5.41, 5.74) is 0.202. The number of rotatable bonds is 4. The van der Waals surface area contributed by atoms with Crippen LogP contribution >= 0.6 is 15.9 Å². The highest BCUT2D eigenvalue weighted by atomic mass is 79.9. The molecule has 0 saturated carbocycles. The van der Waals surface area contributed by atoms with Gasteiger partial charge in [-0.2, -0.15) is 0 Å². The Balaban J connectivity index is 2.13. The molecule has 1 unspecified atom stereocenters. The van der Waals surface area contributed by atoms with Gasteiger partial charge in [-0.3, -0.25) is 0 Å². The Morgan fingerprint density at radius 3 is 3.05 bits per heavy atom. The van der Waals surface area contributed by atoms with Crippen molar-refractivity contribution < 1.29 is 14.6 Å². The lowest BCUT2D eigenvalue weighted by atomic mass is 10.1. The summed E-state index contributed by atoms with van der Waals surface area (Å²) in [6.45, 7) is 1.45. The number of halogens is 1. The second-order valence-corrected chi connectivity index (χ2v) is 5.61. The van der Waals surface area contributed by atoms with Gasteiger partial charge in [0.2, 0.25) is 0 Å². The Bertz CT molecular complexity index is 461. The first-order chi connectivity index (χ1) is 9.08. The maximum Gasteiger partial charge on any atom is 0.339 e. The molecule has 6 heteroatoms. The number of hydrogen-bond donors (Lipinski definition) is 1. The fraction of sp³-hybridized carbons (Fsp3) is 0.538. The van der Waals surface area contributed by atoms with Gasteiger partial charge in [0.05, 0.1) is 6.10 Å². The minimum Gasteiger partial charge on any atom is -0.478 e. The van der Waals surface area contributed by atoms with E-state index >= 15 is 0 Å². The summed E-state index contributed by atoms with van der Waals surface area (Å²) in [4.78, 5) is 17.3. The van der Waals surface area contributed by atoms with Gasteiger partial charge >= 0.3 is 5.97 Å². The van der Waals surface area contributed by atoms with Crippen molar-refractivity contribution in [3.63, 3.8) is 0 Å². The standard InChI is InChI=1S/C13H17BrN2O3/c1-16(8-10-4-2-3-5-19-10)12-11(13(17)18)6-9(14)7-15-12/h6-7,10H,2-5,8H2,1H3,(H,17,18). The smallest absolute Gasteiger partial charge is 0.339 e. The molecule has 104 valence electrons. The van der Waals surface area contributed by atoms with Gasteiger partial charge in [-0.25, -0.2) is 9.78 Å². The number of anilines is 1. The maximum atomic E-state index is 11.3. The van der Waals surface area contributed by atoms with E-state index < -0.39 is 5.97 Å². The topological polar surface area (TPSA) is 62.7 Å². The summed E-state index contributed by atoms with van der Waals surface area (Å²) in [5, 5.41) is 9.23. The molecule has 2 rings (SSSR count). The summed E-state index contributed by atoms with van der Waals surface area (Å²) in [6.07, 6.45) is 5.06. The molecule has 0 bridgehead atoms. The van der Waals surface area contributed by atoms with Crippen molar-refractivity contribution in [2.24, 2.45) is 0 Å². The zero-order valence-electron chi connectivity index (χ0n) is 10.8. The highest BCUT2D eigenvalue weighted by molar-refractivity contribution is 9.10. The van der Waals surface area contributed by atoms with Crippen molar-refractivity contribution in [3.8, 4) is 0 Å². The van der Waals surface area contributed by atoms with Gasteiger partial charge < -0.3 is 14.7 Å². The summed E-state index contributed by atoms with van der Waals surface area (Å²) >= 11 is 3.24. The number of nitrogens with zero attached hydrogens (tertiary/aromatic N) is 2. The number of carboxylic acid groups (broad SMARTS) is 1. The Morgan fingerprint density at radius 2 is 2.42 bits per heavy atom. The maximum absolute atomic E-state index is 11.3. The molecule has 19 heavy (non-hydrogen) atoms. The van der Waals surface area contributed by atoms with Crippen molar-refractivity contribution in [2.75, 3.05) is 25.1 Å². The van der Waals surface area contributed by atoms with Gasteiger partial charge in [-0.1, -0.05) is 0 Å². The molecule has 2 heterocycles. The Labute approximate surface area is 120 Å². The molecule has 0 aliphatic carbocycles. The molecule has 1 aliphatic rings. The quantitative estimate of drug-likeness (QED) is 0.920. The molecular weight excluding hydrogens is 312 g/mol. The van der Waals surface area contributed by atoms with Crippen molar-refractivity contribution in [2.45, 2.75) is 25.4 Å². The molecule has 0 aromatic carbocycles. The predicted octanol–water partition coefficient (Wildman–Crippen LogP) is 2.55. The second kappa shape index (κ2) is 6.34. The normalized spacial score (nSPS) is 19.2. The van der Waals surface area contributed by atoms with E-state index in [1.54, 1.807) is 12.3 Å². The third-order valence-electron chi connectivity index (χ3n) is 3.18.